The molecule has 3 rings (SSSR count). The highest BCUT2D eigenvalue weighted by Crippen LogP contribution is 2.44. The van der Waals surface area contributed by atoms with E-state index in [0.717, 1.165) is 17.4 Å². The number of hydrazone groups is 1. The monoisotopic (exact) mass is 363 g/mol. The van der Waals surface area contributed by atoms with Gasteiger partial charge in [-0.3, -0.25) is 5.43 Å². The molecule has 3 unspecified atom stereocenters. The number of ether oxygens (including phenoxy) is 3. The second-order valence-corrected chi connectivity index (χ2v) is 6.99. The zero-order chi connectivity index (χ0) is 17.8. The highest BCUT2D eigenvalue weighted by molar-refractivity contribution is 7.80. The topological polar surface area (TPSA) is 64.1 Å². The fraction of sp³-hybridized carbons (Fsp3) is 0.556. The van der Waals surface area contributed by atoms with Crippen LogP contribution in [-0.4, -0.2) is 38.7 Å². The molecule has 3 atom stereocenters. The fourth-order valence-electron chi connectivity index (χ4n) is 3.96. The van der Waals surface area contributed by atoms with E-state index in [-0.39, 0.29) is 0 Å². The first-order valence-corrected chi connectivity index (χ1v) is 8.95. The van der Waals surface area contributed by atoms with Crippen molar-refractivity contribution in [2.24, 2.45) is 16.9 Å². The minimum absolute atomic E-state index is 0.495. The van der Waals surface area contributed by atoms with Gasteiger partial charge in [0.15, 0.2) is 16.6 Å². The van der Waals surface area contributed by atoms with Crippen molar-refractivity contribution >= 4 is 23.5 Å². The predicted molar refractivity (Wildman–Crippen MR) is 102 cm³/mol. The molecule has 0 radical (unpaired) electrons. The third-order valence-electron chi connectivity index (χ3n) is 5.12. The number of hydrogen-bond donors (Lipinski definition) is 2. The van der Waals surface area contributed by atoms with Crippen LogP contribution in [0.5, 0.6) is 17.2 Å². The Morgan fingerprint density at radius 3 is 2.36 bits per heavy atom. The Morgan fingerprint density at radius 2 is 1.84 bits per heavy atom. The van der Waals surface area contributed by atoms with Crippen LogP contribution in [0.1, 0.15) is 31.2 Å². The highest BCUT2D eigenvalue weighted by Gasteiger charge is 2.39. The fourth-order valence-corrected chi connectivity index (χ4v) is 4.17. The van der Waals surface area contributed by atoms with Crippen molar-refractivity contribution in [2.75, 3.05) is 21.3 Å². The molecule has 2 bridgehead atoms. The van der Waals surface area contributed by atoms with E-state index in [1.165, 1.54) is 25.7 Å². The van der Waals surface area contributed by atoms with Crippen molar-refractivity contribution in [1.29, 1.82) is 0 Å². The molecule has 25 heavy (non-hydrogen) atoms. The van der Waals surface area contributed by atoms with Crippen LogP contribution in [-0.2, 0) is 0 Å². The highest BCUT2D eigenvalue weighted by atomic mass is 32.1. The Balaban J connectivity index is 1.59. The van der Waals surface area contributed by atoms with Gasteiger partial charge in [-0.15, -0.1) is 0 Å². The molecular formula is C18H25N3O3S. The summed E-state index contributed by atoms with van der Waals surface area (Å²) < 4.78 is 16.0. The summed E-state index contributed by atoms with van der Waals surface area (Å²) in [5, 5.41) is 8.19. The van der Waals surface area contributed by atoms with Gasteiger partial charge in [0.1, 0.15) is 0 Å². The molecule has 7 heteroatoms. The molecule has 0 amide bonds. The summed E-state index contributed by atoms with van der Waals surface area (Å²) in [6.45, 7) is 0. The quantitative estimate of drug-likeness (QED) is 0.460. The van der Waals surface area contributed by atoms with Crippen LogP contribution in [0, 0.1) is 11.8 Å². The van der Waals surface area contributed by atoms with Gasteiger partial charge in [0, 0.05) is 11.6 Å². The van der Waals surface area contributed by atoms with Crippen molar-refractivity contribution in [1.82, 2.24) is 10.7 Å². The summed E-state index contributed by atoms with van der Waals surface area (Å²) in [6.07, 6.45) is 6.94. The predicted octanol–water partition coefficient (Wildman–Crippen LogP) is 2.70. The summed E-state index contributed by atoms with van der Waals surface area (Å²) in [4.78, 5) is 0. The zero-order valence-corrected chi connectivity index (χ0v) is 15.7. The maximum atomic E-state index is 5.35. The molecule has 0 aromatic heterocycles. The molecule has 0 aliphatic heterocycles. The van der Waals surface area contributed by atoms with Gasteiger partial charge in [0.05, 0.1) is 27.5 Å². The van der Waals surface area contributed by atoms with E-state index < -0.39 is 0 Å². The first-order chi connectivity index (χ1) is 12.1. The molecule has 2 aliphatic rings. The van der Waals surface area contributed by atoms with E-state index in [2.05, 4.69) is 15.8 Å². The number of nitrogens with one attached hydrogen (secondary N) is 2. The molecule has 136 valence electrons. The Kier molecular flexibility index (Phi) is 5.63. The minimum atomic E-state index is 0.495. The van der Waals surface area contributed by atoms with Crippen LogP contribution in [0.25, 0.3) is 0 Å². The van der Waals surface area contributed by atoms with Crippen molar-refractivity contribution in [2.45, 2.75) is 31.7 Å². The second kappa shape index (κ2) is 7.91. The molecule has 0 saturated heterocycles. The molecule has 6 nitrogen and oxygen atoms in total. The molecule has 1 aromatic rings. The molecule has 2 aliphatic carbocycles. The van der Waals surface area contributed by atoms with Crippen LogP contribution < -0.4 is 25.0 Å². The lowest BCUT2D eigenvalue weighted by Gasteiger charge is -2.23. The summed E-state index contributed by atoms with van der Waals surface area (Å²) in [7, 11) is 4.76. The van der Waals surface area contributed by atoms with E-state index in [9.17, 15) is 0 Å². The summed E-state index contributed by atoms with van der Waals surface area (Å²) in [5.74, 6) is 3.39. The Morgan fingerprint density at radius 1 is 1.12 bits per heavy atom. The van der Waals surface area contributed by atoms with E-state index in [1.54, 1.807) is 27.5 Å². The first kappa shape index (κ1) is 17.8. The van der Waals surface area contributed by atoms with E-state index in [1.807, 2.05) is 12.1 Å². The molecule has 2 N–H and O–H groups in total. The van der Waals surface area contributed by atoms with Gasteiger partial charge >= 0.3 is 0 Å². The van der Waals surface area contributed by atoms with Crippen LogP contribution in [0.3, 0.4) is 0 Å². The van der Waals surface area contributed by atoms with Gasteiger partial charge < -0.3 is 19.5 Å². The average Bonchev–Trinajstić information content (AvgIpc) is 3.23. The standard InChI is InChI=1S/C18H25N3O3S/c1-22-15-8-12(9-16(23-2)17(15)24-3)10-19-21-18(25)20-14-7-11-4-5-13(14)6-11/h8-11,13-14H,4-7H2,1-3H3,(H2,20,21,25)/b19-10-. The van der Waals surface area contributed by atoms with E-state index in [4.69, 9.17) is 26.4 Å². The summed E-state index contributed by atoms with van der Waals surface area (Å²) >= 11 is 5.35. The number of thiocarbonyl (C=S) groups is 1. The summed E-state index contributed by atoms with van der Waals surface area (Å²) in [6, 6.07) is 4.16. The average molecular weight is 363 g/mol. The first-order valence-electron chi connectivity index (χ1n) is 8.54. The number of methoxy groups -OCH3 is 3. The Hall–Kier alpha value is -2.02. The molecule has 2 saturated carbocycles. The van der Waals surface area contributed by atoms with Gasteiger partial charge in [0.25, 0.3) is 0 Å². The molecule has 2 fully saturated rings. The number of benzene rings is 1. The number of fused-ring (bicyclic) bond motifs is 2. The lowest BCUT2D eigenvalue weighted by Crippen LogP contribution is -2.42. The van der Waals surface area contributed by atoms with Gasteiger partial charge in [-0.05, 0) is 55.4 Å². The van der Waals surface area contributed by atoms with Crippen LogP contribution in [0.4, 0.5) is 0 Å². The van der Waals surface area contributed by atoms with Crippen molar-refractivity contribution in [3.8, 4) is 17.2 Å². The SMILES string of the molecule is COc1cc(/C=N\NC(=S)NC2CC3CCC2C3)cc(OC)c1OC. The lowest BCUT2D eigenvalue weighted by atomic mass is 9.96. The molecular weight excluding hydrogens is 338 g/mol. The smallest absolute Gasteiger partial charge is 0.203 e. The van der Waals surface area contributed by atoms with Crippen molar-refractivity contribution in [3.63, 3.8) is 0 Å². The normalized spacial score (nSPS) is 24.4. The van der Waals surface area contributed by atoms with Crippen LogP contribution in [0.2, 0.25) is 0 Å². The molecule has 1 aromatic carbocycles. The van der Waals surface area contributed by atoms with Gasteiger partial charge in [0.2, 0.25) is 5.75 Å². The third kappa shape index (κ3) is 3.98. The third-order valence-corrected chi connectivity index (χ3v) is 5.33. The van der Waals surface area contributed by atoms with Crippen molar-refractivity contribution < 1.29 is 14.2 Å². The van der Waals surface area contributed by atoms with Gasteiger partial charge in [-0.2, -0.15) is 5.10 Å². The summed E-state index contributed by atoms with van der Waals surface area (Å²) in [5.41, 5.74) is 3.72. The zero-order valence-electron chi connectivity index (χ0n) is 14.9. The largest absolute Gasteiger partial charge is 0.493 e. The maximum absolute atomic E-state index is 5.35. The molecule has 0 heterocycles. The lowest BCUT2D eigenvalue weighted by molar-refractivity contribution is 0.324. The number of hydrogen-bond acceptors (Lipinski definition) is 5. The van der Waals surface area contributed by atoms with Crippen LogP contribution >= 0.6 is 12.2 Å². The van der Waals surface area contributed by atoms with Gasteiger partial charge in [-0.25, -0.2) is 0 Å². The maximum Gasteiger partial charge on any atom is 0.203 e. The van der Waals surface area contributed by atoms with Gasteiger partial charge in [-0.1, -0.05) is 6.42 Å². The Bertz CT molecular complexity index is 640. The second-order valence-electron chi connectivity index (χ2n) is 6.58. The molecule has 0 spiro atoms. The van der Waals surface area contributed by atoms with Crippen molar-refractivity contribution in [3.05, 3.63) is 17.7 Å². The minimum Gasteiger partial charge on any atom is -0.493 e. The number of nitrogens with zero attached hydrogens (tertiary/aromatic N) is 1. The van der Waals surface area contributed by atoms with E-state index >= 15 is 0 Å². The Labute approximate surface area is 153 Å². The van der Waals surface area contributed by atoms with Crippen LogP contribution in [0.15, 0.2) is 17.2 Å². The van der Waals surface area contributed by atoms with E-state index in [0.29, 0.717) is 28.4 Å². The number of rotatable bonds is 6.